The number of sulfone groups is 1. The maximum atomic E-state index is 12.3. The summed E-state index contributed by atoms with van der Waals surface area (Å²) in [6, 6.07) is 0. The number of ether oxygens (including phenoxy) is 2. The van der Waals surface area contributed by atoms with Gasteiger partial charge in [0.2, 0.25) is 0 Å². The van der Waals surface area contributed by atoms with E-state index in [0.717, 1.165) is 23.9 Å². The Labute approximate surface area is 258 Å². The van der Waals surface area contributed by atoms with Crippen molar-refractivity contribution < 1.29 is 40.1 Å². The molecule has 1 amide bonds. The summed E-state index contributed by atoms with van der Waals surface area (Å²) in [5, 5.41) is 2.76. The van der Waals surface area contributed by atoms with E-state index in [1.165, 1.54) is 97.0 Å². The van der Waals surface area contributed by atoms with Crippen LogP contribution in [0.4, 0.5) is 4.79 Å². The molecule has 0 saturated heterocycles. The lowest BCUT2D eigenvalue weighted by Gasteiger charge is -2.23. The molecule has 10 nitrogen and oxygen atoms in total. The Morgan fingerprint density at radius 3 is 1.55 bits per heavy atom. The summed E-state index contributed by atoms with van der Waals surface area (Å²) in [7, 11) is 0.642. The van der Waals surface area contributed by atoms with Crippen molar-refractivity contribution in [2.75, 3.05) is 65.7 Å². The van der Waals surface area contributed by atoms with Crippen LogP contribution >= 0.6 is 0 Å². The molecule has 0 spiro atoms. The quantitative estimate of drug-likeness (QED) is 0.0664. The van der Waals surface area contributed by atoms with Gasteiger partial charge >= 0.3 is 6.09 Å². The number of alkyl carbamates (subject to hydrolysis) is 1. The second kappa shape index (κ2) is 26.5. The molecule has 0 heterocycles. The highest BCUT2D eigenvalue weighted by Crippen LogP contribution is 2.13. The summed E-state index contributed by atoms with van der Waals surface area (Å²) in [6.07, 6.45) is 21.3. The number of hydrogen-bond donors (Lipinski definition) is 2. The van der Waals surface area contributed by atoms with Crippen molar-refractivity contribution in [2.45, 2.75) is 122 Å². The van der Waals surface area contributed by atoms with Crippen LogP contribution in [-0.4, -0.2) is 104 Å². The molecule has 0 aromatic rings. The Balaban J connectivity index is 0. The lowest BCUT2D eigenvalue weighted by Crippen LogP contribution is -2.37. The maximum Gasteiger partial charge on any atom is 0.407 e. The number of rotatable bonds is 26. The number of amides is 1. The minimum Gasteiger partial charge on any atom is -0.447 e. The molecule has 0 aliphatic rings. The predicted octanol–water partition coefficient (Wildman–Crippen LogP) is 6.00. The first-order chi connectivity index (χ1) is 19.6. The molecule has 0 radical (unpaired) electrons. The van der Waals surface area contributed by atoms with Gasteiger partial charge in [0.15, 0.2) is 9.84 Å². The van der Waals surface area contributed by atoms with Crippen LogP contribution in [0.15, 0.2) is 0 Å². The zero-order valence-electron chi connectivity index (χ0n) is 27.7. The lowest BCUT2D eigenvalue weighted by molar-refractivity contribution is -0.870. The number of hydrogen-bond acceptors (Lipinski definition) is 7. The minimum absolute atomic E-state index is 0.0597. The molecule has 0 fully saturated rings. The van der Waals surface area contributed by atoms with Gasteiger partial charge in [-0.25, -0.2) is 13.2 Å². The number of quaternary nitrogens is 1. The molecule has 0 rings (SSSR count). The Hall–Kier alpha value is -0.950. The monoisotopic (exact) mass is 645 g/mol. The summed E-state index contributed by atoms with van der Waals surface area (Å²) < 4.78 is 61.7. The highest BCUT2D eigenvalue weighted by Gasteiger charge is 2.21. The molecular formula is C30H65N2O8S2+. The lowest BCUT2D eigenvalue weighted by atomic mass is 10.0. The van der Waals surface area contributed by atoms with E-state index in [9.17, 15) is 21.6 Å². The Kier molecular flexibility index (Phi) is 27.2. The number of unbranched alkanes of at least 4 members (excludes halogenated alkanes) is 15. The average molecular weight is 646 g/mol. The number of carbonyl (C=O) groups excluding carboxylic acids is 1. The fraction of sp³-hybridized carbons (Fsp3) is 0.967. The van der Waals surface area contributed by atoms with E-state index in [0.29, 0.717) is 19.2 Å². The third-order valence-corrected chi connectivity index (χ3v) is 8.55. The fourth-order valence-electron chi connectivity index (χ4n) is 4.39. The van der Waals surface area contributed by atoms with Gasteiger partial charge < -0.3 is 19.3 Å². The second-order valence-electron chi connectivity index (χ2n) is 12.4. The van der Waals surface area contributed by atoms with Crippen molar-refractivity contribution in [3.63, 3.8) is 0 Å². The smallest absolute Gasteiger partial charge is 0.407 e. The summed E-state index contributed by atoms with van der Waals surface area (Å²) in [6.45, 7) is 3.58. The molecule has 0 aromatic carbocycles. The third kappa shape index (κ3) is 39.0. The van der Waals surface area contributed by atoms with Gasteiger partial charge in [-0.3, -0.25) is 4.55 Å². The molecule has 1 unspecified atom stereocenters. The van der Waals surface area contributed by atoms with E-state index < -0.39 is 32.2 Å². The molecule has 0 aromatic heterocycles. The van der Waals surface area contributed by atoms with Crippen molar-refractivity contribution in [3.05, 3.63) is 0 Å². The van der Waals surface area contributed by atoms with E-state index in [1.807, 2.05) is 21.1 Å². The molecule has 0 bridgehead atoms. The highest BCUT2D eigenvalue weighted by molar-refractivity contribution is 7.91. The standard InChI is InChI=1S/C29H60N2O5S.CH4O3S/c1-6-7-8-9-10-11-12-13-14-15-16-17-18-19-20-21-23-30-29(32)36-26-28(35-5)27-37(33,34)25-22-24-31(2,3)4;1-5(2,3)4/h28H,6-27H2,1-5H3;1H3,(H,2,3,4)/p+1. The van der Waals surface area contributed by atoms with Gasteiger partial charge in [-0.1, -0.05) is 103 Å². The van der Waals surface area contributed by atoms with Crippen LogP contribution in [0.1, 0.15) is 116 Å². The van der Waals surface area contributed by atoms with Crippen molar-refractivity contribution >= 4 is 26.0 Å². The van der Waals surface area contributed by atoms with E-state index in [2.05, 4.69) is 12.2 Å². The Morgan fingerprint density at radius 1 is 0.762 bits per heavy atom. The summed E-state index contributed by atoms with van der Waals surface area (Å²) in [4.78, 5) is 11.9. The first-order valence-electron chi connectivity index (χ1n) is 16.0. The maximum absolute atomic E-state index is 12.3. The molecule has 1 atom stereocenters. The fourth-order valence-corrected chi connectivity index (χ4v) is 5.93. The largest absolute Gasteiger partial charge is 0.447 e. The molecule has 2 N–H and O–H groups in total. The van der Waals surface area contributed by atoms with Crippen LogP contribution in [0.25, 0.3) is 0 Å². The topological polar surface area (TPSA) is 136 Å². The zero-order valence-corrected chi connectivity index (χ0v) is 29.3. The van der Waals surface area contributed by atoms with E-state index >= 15 is 0 Å². The molecule has 0 saturated carbocycles. The SMILES string of the molecule is CCCCCCCCCCCCCCCCCCNC(=O)OCC(CS(=O)(=O)CCC[N+](C)(C)C)OC.CS(=O)(=O)O. The average Bonchev–Trinajstić information content (AvgIpc) is 2.86. The molecule has 42 heavy (non-hydrogen) atoms. The Morgan fingerprint density at radius 2 is 1.17 bits per heavy atom. The van der Waals surface area contributed by atoms with Crippen LogP contribution in [-0.2, 0) is 29.4 Å². The van der Waals surface area contributed by atoms with Crippen molar-refractivity contribution in [1.29, 1.82) is 0 Å². The van der Waals surface area contributed by atoms with Gasteiger partial charge in [0.1, 0.15) is 12.7 Å². The van der Waals surface area contributed by atoms with E-state index in [-0.39, 0.29) is 18.1 Å². The number of nitrogens with zero attached hydrogens (tertiary/aromatic N) is 1. The van der Waals surface area contributed by atoms with E-state index in [1.54, 1.807) is 0 Å². The first kappa shape index (κ1) is 43.2. The molecule has 0 aliphatic carbocycles. The van der Waals surface area contributed by atoms with Crippen molar-refractivity contribution in [3.8, 4) is 0 Å². The van der Waals surface area contributed by atoms with Gasteiger partial charge in [0.05, 0.1) is 45.4 Å². The highest BCUT2D eigenvalue weighted by atomic mass is 32.2. The van der Waals surface area contributed by atoms with Gasteiger partial charge in [0, 0.05) is 20.1 Å². The number of nitrogens with one attached hydrogen (secondary N) is 1. The van der Waals surface area contributed by atoms with Gasteiger partial charge in [0.25, 0.3) is 10.1 Å². The normalized spacial score (nSPS) is 12.8. The molecule has 254 valence electrons. The second-order valence-corrected chi connectivity index (χ2v) is 16.1. The van der Waals surface area contributed by atoms with Crippen LogP contribution in [0, 0.1) is 0 Å². The van der Waals surface area contributed by atoms with Gasteiger partial charge in [-0.2, -0.15) is 8.42 Å². The minimum atomic E-state index is -3.67. The molecule has 12 heteroatoms. The van der Waals surface area contributed by atoms with Crippen LogP contribution in [0.5, 0.6) is 0 Å². The van der Waals surface area contributed by atoms with Gasteiger partial charge in [-0.15, -0.1) is 0 Å². The summed E-state index contributed by atoms with van der Waals surface area (Å²) in [5.41, 5.74) is 0. The van der Waals surface area contributed by atoms with E-state index in [4.69, 9.17) is 14.0 Å². The summed E-state index contributed by atoms with van der Waals surface area (Å²) in [5.74, 6) is -0.0130. The number of carbonyl (C=O) groups is 1. The summed E-state index contributed by atoms with van der Waals surface area (Å²) >= 11 is 0. The van der Waals surface area contributed by atoms with Crippen LogP contribution in [0.3, 0.4) is 0 Å². The first-order valence-corrected chi connectivity index (χ1v) is 19.6. The molecular weight excluding hydrogens is 580 g/mol. The van der Waals surface area contributed by atoms with Crippen molar-refractivity contribution in [2.24, 2.45) is 0 Å². The van der Waals surface area contributed by atoms with Crippen LogP contribution < -0.4 is 5.32 Å². The predicted molar refractivity (Wildman–Crippen MR) is 173 cm³/mol. The van der Waals surface area contributed by atoms with Crippen molar-refractivity contribution in [1.82, 2.24) is 5.32 Å². The van der Waals surface area contributed by atoms with Crippen LogP contribution in [0.2, 0.25) is 0 Å². The van der Waals surface area contributed by atoms with Gasteiger partial charge in [-0.05, 0) is 6.42 Å². The zero-order chi connectivity index (χ0) is 32.3. The third-order valence-electron chi connectivity index (χ3n) is 6.76. The molecule has 0 aliphatic heterocycles. The number of methoxy groups -OCH3 is 1. The Bertz CT molecular complexity index is 836.